The molecule has 0 saturated carbocycles. The second-order valence-electron chi connectivity index (χ2n) is 4.58. The number of nitrogens with one attached hydrogen (secondary N) is 1. The van der Waals surface area contributed by atoms with Crippen molar-refractivity contribution in [3.8, 4) is 0 Å². The molecule has 2 nitrogen and oxygen atoms in total. The smallest absolute Gasteiger partial charge is 0.0991 e. The zero-order valence-corrected chi connectivity index (χ0v) is 12.3. The van der Waals surface area contributed by atoms with Gasteiger partial charge in [-0.3, -0.25) is 0 Å². The molecule has 1 aliphatic heterocycles. The maximum atomic E-state index is 6.15. The van der Waals surface area contributed by atoms with Gasteiger partial charge in [0.2, 0.25) is 0 Å². The number of ether oxygens (including phenoxy) is 1. The van der Waals surface area contributed by atoms with E-state index in [4.69, 9.17) is 27.9 Å². The van der Waals surface area contributed by atoms with Crippen molar-refractivity contribution >= 4 is 34.5 Å². The zero-order chi connectivity index (χ0) is 12.4. The van der Waals surface area contributed by atoms with E-state index in [1.165, 1.54) is 11.3 Å². The van der Waals surface area contributed by atoms with Crippen molar-refractivity contribution in [3.05, 3.63) is 20.3 Å². The summed E-state index contributed by atoms with van der Waals surface area (Å²) in [6.07, 6.45) is 1.14. The molecule has 2 heterocycles. The first-order valence-electron chi connectivity index (χ1n) is 5.86. The monoisotopic (exact) mass is 293 g/mol. The van der Waals surface area contributed by atoms with Crippen LogP contribution in [0.25, 0.3) is 0 Å². The van der Waals surface area contributed by atoms with Crippen molar-refractivity contribution < 1.29 is 4.74 Å². The average molecular weight is 294 g/mol. The molecule has 0 aromatic carbocycles. The Morgan fingerprint density at radius 3 is 2.76 bits per heavy atom. The Bertz CT molecular complexity index is 377. The quantitative estimate of drug-likeness (QED) is 0.901. The lowest BCUT2D eigenvalue weighted by Crippen LogP contribution is -2.35. The van der Waals surface area contributed by atoms with Gasteiger partial charge in [0, 0.05) is 18.7 Å². The maximum absolute atomic E-state index is 6.15. The van der Waals surface area contributed by atoms with Crippen LogP contribution in [0.2, 0.25) is 8.67 Å². The molecule has 1 aromatic rings. The highest BCUT2D eigenvalue weighted by molar-refractivity contribution is 7.20. The Kier molecular flexibility index (Phi) is 4.72. The Morgan fingerprint density at radius 2 is 2.24 bits per heavy atom. The van der Waals surface area contributed by atoms with Crippen LogP contribution in [0.1, 0.15) is 31.9 Å². The van der Waals surface area contributed by atoms with Crippen molar-refractivity contribution in [1.82, 2.24) is 5.32 Å². The third kappa shape index (κ3) is 3.36. The SMILES string of the molecule is CC(NC(C)C1CCOC1)c1cc(Cl)sc1Cl. The summed E-state index contributed by atoms with van der Waals surface area (Å²) in [5.41, 5.74) is 1.09. The molecule has 1 aliphatic rings. The van der Waals surface area contributed by atoms with E-state index in [0.29, 0.717) is 12.0 Å². The van der Waals surface area contributed by atoms with Crippen molar-refractivity contribution in [3.63, 3.8) is 0 Å². The molecule has 17 heavy (non-hydrogen) atoms. The van der Waals surface area contributed by atoms with Gasteiger partial charge in [0.05, 0.1) is 15.3 Å². The number of thiophene rings is 1. The van der Waals surface area contributed by atoms with Crippen molar-refractivity contribution in [2.24, 2.45) is 5.92 Å². The fourth-order valence-electron chi connectivity index (χ4n) is 2.22. The second kappa shape index (κ2) is 5.89. The highest BCUT2D eigenvalue weighted by atomic mass is 35.5. The first-order valence-corrected chi connectivity index (χ1v) is 7.43. The normalized spacial score (nSPS) is 23.9. The minimum absolute atomic E-state index is 0.224. The fraction of sp³-hybridized carbons (Fsp3) is 0.667. The van der Waals surface area contributed by atoms with Gasteiger partial charge >= 0.3 is 0 Å². The van der Waals surface area contributed by atoms with Gasteiger partial charge in [-0.1, -0.05) is 23.2 Å². The molecule has 0 radical (unpaired) electrons. The van der Waals surface area contributed by atoms with Crippen LogP contribution >= 0.6 is 34.5 Å². The Balaban J connectivity index is 1.96. The summed E-state index contributed by atoms with van der Waals surface area (Å²) in [4.78, 5) is 0. The largest absolute Gasteiger partial charge is 0.381 e. The van der Waals surface area contributed by atoms with E-state index in [9.17, 15) is 0 Å². The van der Waals surface area contributed by atoms with E-state index in [0.717, 1.165) is 33.9 Å². The molecule has 3 unspecified atom stereocenters. The molecule has 1 fully saturated rings. The van der Waals surface area contributed by atoms with Crippen molar-refractivity contribution in [2.75, 3.05) is 13.2 Å². The van der Waals surface area contributed by atoms with Gasteiger partial charge in [-0.2, -0.15) is 0 Å². The van der Waals surface area contributed by atoms with E-state index < -0.39 is 0 Å². The summed E-state index contributed by atoms with van der Waals surface area (Å²) in [6.45, 7) is 6.07. The summed E-state index contributed by atoms with van der Waals surface area (Å²) < 4.78 is 6.94. The standard InChI is InChI=1S/C12H17Cl2NOS/c1-7(9-3-4-16-6-9)15-8(2)10-5-11(13)17-12(10)14/h5,7-9,15H,3-4,6H2,1-2H3. The maximum Gasteiger partial charge on any atom is 0.0991 e. The third-order valence-corrected chi connectivity index (χ3v) is 4.85. The molecule has 1 aromatic heterocycles. The first kappa shape index (κ1) is 13.6. The average Bonchev–Trinajstić information content (AvgIpc) is 2.87. The molecule has 0 amide bonds. The Labute approximate surface area is 116 Å². The third-order valence-electron chi connectivity index (χ3n) is 3.33. The minimum Gasteiger partial charge on any atom is -0.381 e. The lowest BCUT2D eigenvalue weighted by atomic mass is 9.99. The van der Waals surface area contributed by atoms with E-state index in [2.05, 4.69) is 19.2 Å². The van der Waals surface area contributed by atoms with Gasteiger partial charge in [-0.25, -0.2) is 0 Å². The van der Waals surface area contributed by atoms with Gasteiger partial charge < -0.3 is 10.1 Å². The molecular formula is C12H17Cl2NOS. The predicted octanol–water partition coefficient (Wildman–Crippen LogP) is 4.13. The van der Waals surface area contributed by atoms with E-state index in [-0.39, 0.29) is 6.04 Å². The molecule has 0 bridgehead atoms. The topological polar surface area (TPSA) is 21.3 Å². The predicted molar refractivity (Wildman–Crippen MR) is 74.3 cm³/mol. The number of hydrogen-bond donors (Lipinski definition) is 1. The van der Waals surface area contributed by atoms with Crippen LogP contribution in [0.3, 0.4) is 0 Å². The van der Waals surface area contributed by atoms with Crippen LogP contribution < -0.4 is 5.32 Å². The highest BCUT2D eigenvalue weighted by Gasteiger charge is 2.24. The molecule has 1 N–H and O–H groups in total. The second-order valence-corrected chi connectivity index (χ2v) is 6.87. The summed E-state index contributed by atoms with van der Waals surface area (Å²) in [6, 6.07) is 2.61. The summed E-state index contributed by atoms with van der Waals surface area (Å²) in [5.74, 6) is 0.602. The van der Waals surface area contributed by atoms with Crippen LogP contribution in [0, 0.1) is 5.92 Å². The number of halogens is 2. The Morgan fingerprint density at radius 1 is 1.47 bits per heavy atom. The van der Waals surface area contributed by atoms with Gasteiger partial charge in [-0.05, 0) is 37.8 Å². The molecular weight excluding hydrogens is 277 g/mol. The van der Waals surface area contributed by atoms with Gasteiger partial charge in [0.15, 0.2) is 0 Å². The van der Waals surface area contributed by atoms with Crippen LogP contribution in [-0.2, 0) is 4.74 Å². The number of rotatable bonds is 4. The molecule has 96 valence electrons. The lowest BCUT2D eigenvalue weighted by Gasteiger charge is -2.23. The number of hydrogen-bond acceptors (Lipinski definition) is 3. The van der Waals surface area contributed by atoms with Gasteiger partial charge in [0.1, 0.15) is 0 Å². The van der Waals surface area contributed by atoms with E-state index >= 15 is 0 Å². The lowest BCUT2D eigenvalue weighted by molar-refractivity contribution is 0.177. The van der Waals surface area contributed by atoms with E-state index in [1.807, 2.05) is 6.07 Å². The van der Waals surface area contributed by atoms with Crippen LogP contribution in [-0.4, -0.2) is 19.3 Å². The molecule has 0 aliphatic carbocycles. The molecule has 3 atom stereocenters. The zero-order valence-electron chi connectivity index (χ0n) is 10.0. The van der Waals surface area contributed by atoms with Gasteiger partial charge in [0.25, 0.3) is 0 Å². The molecule has 0 spiro atoms. The minimum atomic E-state index is 0.224. The Hall–Kier alpha value is 0.200. The van der Waals surface area contributed by atoms with E-state index in [1.54, 1.807) is 0 Å². The molecule has 2 rings (SSSR count). The summed E-state index contributed by atoms with van der Waals surface area (Å²) >= 11 is 13.5. The fourth-order valence-corrected chi connectivity index (χ4v) is 3.86. The summed E-state index contributed by atoms with van der Waals surface area (Å²) in [7, 11) is 0. The summed E-state index contributed by atoms with van der Waals surface area (Å²) in [5, 5.41) is 3.58. The van der Waals surface area contributed by atoms with Gasteiger partial charge in [-0.15, -0.1) is 11.3 Å². The molecule has 5 heteroatoms. The van der Waals surface area contributed by atoms with Crippen LogP contribution in [0.5, 0.6) is 0 Å². The van der Waals surface area contributed by atoms with Crippen molar-refractivity contribution in [2.45, 2.75) is 32.4 Å². The van der Waals surface area contributed by atoms with Crippen LogP contribution in [0.15, 0.2) is 6.07 Å². The first-order chi connectivity index (χ1) is 8.08. The van der Waals surface area contributed by atoms with Crippen molar-refractivity contribution in [1.29, 1.82) is 0 Å². The molecule has 1 saturated heterocycles. The van der Waals surface area contributed by atoms with Crippen LogP contribution in [0.4, 0.5) is 0 Å². The highest BCUT2D eigenvalue weighted by Crippen LogP contribution is 2.35.